The first-order chi connectivity index (χ1) is 14.5. The highest BCUT2D eigenvalue weighted by atomic mass is 19.3. The molecule has 0 amide bonds. The standard InChI is InChI=1S/C22H18F2N4O2/c1-13(29)15-8-16-18(9-19(15)30-2)25-12-26-22(16)17-10-28(11-20(23)24)27-21(17)14-6-4-3-5-7-14/h3-10,12,20H,11H2,1-2H3. The van der Waals surface area contributed by atoms with Gasteiger partial charge in [-0.2, -0.15) is 5.10 Å². The molecular weight excluding hydrogens is 390 g/mol. The highest BCUT2D eigenvalue weighted by molar-refractivity contribution is 6.04. The third kappa shape index (κ3) is 3.63. The Bertz CT molecular complexity index is 1220. The van der Waals surface area contributed by atoms with E-state index in [4.69, 9.17) is 4.74 Å². The number of ketones is 1. The maximum atomic E-state index is 13.0. The summed E-state index contributed by atoms with van der Waals surface area (Å²) in [6.45, 7) is 0.915. The minimum absolute atomic E-state index is 0.166. The number of nitrogens with zero attached hydrogens (tertiary/aromatic N) is 4. The zero-order valence-electron chi connectivity index (χ0n) is 16.3. The summed E-state index contributed by atoms with van der Waals surface area (Å²) >= 11 is 0. The van der Waals surface area contributed by atoms with Gasteiger partial charge in [0.05, 0.1) is 23.9 Å². The van der Waals surface area contributed by atoms with E-state index in [0.717, 1.165) is 5.56 Å². The number of halogens is 2. The van der Waals surface area contributed by atoms with Gasteiger partial charge in [-0.1, -0.05) is 30.3 Å². The molecule has 0 N–H and O–H groups in total. The lowest BCUT2D eigenvalue weighted by Crippen LogP contribution is -2.06. The summed E-state index contributed by atoms with van der Waals surface area (Å²) in [7, 11) is 1.48. The molecular formula is C22H18F2N4O2. The van der Waals surface area contributed by atoms with Crippen molar-refractivity contribution < 1.29 is 18.3 Å². The summed E-state index contributed by atoms with van der Waals surface area (Å²) in [5, 5.41) is 4.99. The number of hydrogen-bond donors (Lipinski definition) is 0. The lowest BCUT2D eigenvalue weighted by molar-refractivity contribution is 0.101. The summed E-state index contributed by atoms with van der Waals surface area (Å²) < 4.78 is 32.5. The van der Waals surface area contributed by atoms with Crippen molar-refractivity contribution in [1.82, 2.24) is 19.7 Å². The first kappa shape index (κ1) is 19.6. The molecule has 2 heterocycles. The molecule has 152 valence electrons. The molecule has 4 aromatic rings. The van der Waals surface area contributed by atoms with Crippen LogP contribution in [-0.4, -0.2) is 39.1 Å². The Labute approximate surface area is 171 Å². The van der Waals surface area contributed by atoms with Crippen LogP contribution in [-0.2, 0) is 6.54 Å². The van der Waals surface area contributed by atoms with Crippen molar-refractivity contribution in [2.75, 3.05) is 7.11 Å². The van der Waals surface area contributed by atoms with Gasteiger partial charge in [0.25, 0.3) is 6.43 Å². The fraction of sp³-hybridized carbons (Fsp3) is 0.182. The van der Waals surface area contributed by atoms with E-state index >= 15 is 0 Å². The molecule has 0 unspecified atom stereocenters. The van der Waals surface area contributed by atoms with Crippen LogP contribution in [0, 0.1) is 0 Å². The lowest BCUT2D eigenvalue weighted by atomic mass is 10.00. The van der Waals surface area contributed by atoms with Crippen LogP contribution in [0.15, 0.2) is 55.0 Å². The molecule has 0 atom stereocenters. The van der Waals surface area contributed by atoms with Gasteiger partial charge in [0.2, 0.25) is 0 Å². The second kappa shape index (κ2) is 7.98. The molecule has 2 aromatic carbocycles. The number of carbonyl (C=O) groups excluding carboxylic acids is 1. The molecule has 0 spiro atoms. The molecule has 0 fully saturated rings. The van der Waals surface area contributed by atoms with Gasteiger partial charge in [0.1, 0.15) is 24.3 Å². The van der Waals surface area contributed by atoms with Crippen LogP contribution in [0.1, 0.15) is 17.3 Å². The number of carbonyl (C=O) groups is 1. The SMILES string of the molecule is COc1cc2ncnc(-c3cn(CC(F)F)nc3-c3ccccc3)c2cc1C(C)=O. The number of fused-ring (bicyclic) bond motifs is 1. The number of benzene rings is 2. The van der Waals surface area contributed by atoms with E-state index in [1.54, 1.807) is 18.3 Å². The largest absolute Gasteiger partial charge is 0.496 e. The number of Topliss-reactive ketones (excluding diaryl/α,β-unsaturated/α-hetero) is 1. The Hall–Kier alpha value is -3.68. The van der Waals surface area contributed by atoms with Crippen LogP contribution in [0.5, 0.6) is 5.75 Å². The first-order valence-electron chi connectivity index (χ1n) is 9.23. The maximum absolute atomic E-state index is 13.0. The topological polar surface area (TPSA) is 69.9 Å². The zero-order valence-corrected chi connectivity index (χ0v) is 16.3. The second-order valence-electron chi connectivity index (χ2n) is 6.72. The summed E-state index contributed by atoms with van der Waals surface area (Å²) in [5.41, 5.74) is 3.34. The van der Waals surface area contributed by atoms with Crippen molar-refractivity contribution in [1.29, 1.82) is 0 Å². The van der Waals surface area contributed by atoms with Crippen molar-refractivity contribution in [3.8, 4) is 28.3 Å². The second-order valence-corrected chi connectivity index (χ2v) is 6.72. The van der Waals surface area contributed by atoms with Crippen LogP contribution in [0.25, 0.3) is 33.4 Å². The van der Waals surface area contributed by atoms with E-state index in [1.165, 1.54) is 25.0 Å². The fourth-order valence-electron chi connectivity index (χ4n) is 3.38. The predicted molar refractivity (Wildman–Crippen MR) is 109 cm³/mol. The average Bonchev–Trinajstić information content (AvgIpc) is 3.15. The highest BCUT2D eigenvalue weighted by Crippen LogP contribution is 2.36. The number of rotatable bonds is 6. The van der Waals surface area contributed by atoms with Crippen LogP contribution in [0.4, 0.5) is 8.78 Å². The quantitative estimate of drug-likeness (QED) is 0.435. The van der Waals surface area contributed by atoms with Gasteiger partial charge in [0, 0.05) is 28.8 Å². The van der Waals surface area contributed by atoms with Crippen molar-refractivity contribution in [2.45, 2.75) is 19.9 Å². The van der Waals surface area contributed by atoms with E-state index in [0.29, 0.717) is 39.2 Å². The molecule has 4 rings (SSSR count). The summed E-state index contributed by atoms with van der Waals surface area (Å²) in [4.78, 5) is 20.8. The van der Waals surface area contributed by atoms with Crippen LogP contribution in [0.3, 0.4) is 0 Å². The van der Waals surface area contributed by atoms with Gasteiger partial charge in [-0.15, -0.1) is 0 Å². The third-order valence-electron chi connectivity index (χ3n) is 4.72. The van der Waals surface area contributed by atoms with Crippen molar-refractivity contribution in [2.24, 2.45) is 0 Å². The smallest absolute Gasteiger partial charge is 0.257 e. The molecule has 0 saturated carbocycles. The molecule has 2 aromatic heterocycles. The molecule has 0 aliphatic rings. The molecule has 8 heteroatoms. The van der Waals surface area contributed by atoms with E-state index in [2.05, 4.69) is 15.1 Å². The summed E-state index contributed by atoms with van der Waals surface area (Å²) in [5.74, 6) is 0.247. The number of aromatic nitrogens is 4. The van der Waals surface area contributed by atoms with Gasteiger partial charge in [0.15, 0.2) is 5.78 Å². The van der Waals surface area contributed by atoms with Crippen molar-refractivity contribution >= 4 is 16.7 Å². The molecule has 0 aliphatic carbocycles. The minimum atomic E-state index is -2.54. The van der Waals surface area contributed by atoms with Gasteiger partial charge in [-0.3, -0.25) is 9.48 Å². The third-order valence-corrected chi connectivity index (χ3v) is 4.72. The lowest BCUT2D eigenvalue weighted by Gasteiger charge is -2.10. The number of alkyl halides is 2. The minimum Gasteiger partial charge on any atom is -0.496 e. The van der Waals surface area contributed by atoms with Crippen LogP contribution < -0.4 is 4.74 Å². The molecule has 0 radical (unpaired) electrons. The molecule has 6 nitrogen and oxygen atoms in total. The van der Waals surface area contributed by atoms with Gasteiger partial charge < -0.3 is 4.74 Å². The molecule has 0 bridgehead atoms. The Kier molecular flexibility index (Phi) is 5.22. The Morgan fingerprint density at radius 3 is 2.57 bits per heavy atom. The fourth-order valence-corrected chi connectivity index (χ4v) is 3.38. The van der Waals surface area contributed by atoms with Crippen molar-refractivity contribution in [3.05, 3.63) is 60.6 Å². The predicted octanol–water partition coefficient (Wildman–Crippen LogP) is 4.64. The summed E-state index contributed by atoms with van der Waals surface area (Å²) in [6, 6.07) is 12.6. The molecule has 0 aliphatic heterocycles. The van der Waals surface area contributed by atoms with Crippen LogP contribution >= 0.6 is 0 Å². The normalized spacial score (nSPS) is 11.2. The highest BCUT2D eigenvalue weighted by Gasteiger charge is 2.20. The number of ether oxygens (including phenoxy) is 1. The maximum Gasteiger partial charge on any atom is 0.257 e. The van der Waals surface area contributed by atoms with Gasteiger partial charge in [-0.05, 0) is 13.0 Å². The molecule has 0 saturated heterocycles. The van der Waals surface area contributed by atoms with E-state index in [9.17, 15) is 13.6 Å². The Balaban J connectivity index is 1.98. The van der Waals surface area contributed by atoms with Gasteiger partial charge >= 0.3 is 0 Å². The average molecular weight is 408 g/mol. The van der Waals surface area contributed by atoms with Gasteiger partial charge in [-0.25, -0.2) is 18.7 Å². The van der Waals surface area contributed by atoms with Crippen LogP contribution in [0.2, 0.25) is 0 Å². The molecule has 30 heavy (non-hydrogen) atoms. The van der Waals surface area contributed by atoms with E-state index < -0.39 is 13.0 Å². The zero-order chi connectivity index (χ0) is 21.3. The van der Waals surface area contributed by atoms with E-state index in [1.807, 2.05) is 30.3 Å². The monoisotopic (exact) mass is 408 g/mol. The Morgan fingerprint density at radius 2 is 1.90 bits per heavy atom. The van der Waals surface area contributed by atoms with E-state index in [-0.39, 0.29) is 5.78 Å². The Morgan fingerprint density at radius 1 is 1.13 bits per heavy atom. The number of hydrogen-bond acceptors (Lipinski definition) is 5. The van der Waals surface area contributed by atoms with Crippen molar-refractivity contribution in [3.63, 3.8) is 0 Å². The summed E-state index contributed by atoms with van der Waals surface area (Å²) in [6.07, 6.45) is 0.398. The first-order valence-corrected chi connectivity index (χ1v) is 9.23. The number of methoxy groups -OCH3 is 1.